The molecular formula is C22H25N3O4. The third-order valence-corrected chi connectivity index (χ3v) is 4.43. The third kappa shape index (κ3) is 6.34. The molecule has 3 rings (SSSR count). The van der Waals surface area contributed by atoms with Gasteiger partial charge in [-0.3, -0.25) is 4.79 Å². The van der Waals surface area contributed by atoms with Gasteiger partial charge in [0.15, 0.2) is 0 Å². The molecule has 0 atom stereocenters. The van der Waals surface area contributed by atoms with Crippen LogP contribution in [0.25, 0.3) is 0 Å². The van der Waals surface area contributed by atoms with E-state index in [2.05, 4.69) is 16.0 Å². The number of carbonyl (C=O) groups is 3. The molecule has 1 saturated carbocycles. The maximum atomic E-state index is 12.4. The highest BCUT2D eigenvalue weighted by Crippen LogP contribution is 2.19. The summed E-state index contributed by atoms with van der Waals surface area (Å²) in [5.74, 6) is -0.651. The highest BCUT2D eigenvalue weighted by Gasteiger charge is 2.23. The first-order valence-corrected chi connectivity index (χ1v) is 9.81. The van der Waals surface area contributed by atoms with Crippen molar-refractivity contribution in [3.63, 3.8) is 0 Å². The third-order valence-electron chi connectivity index (χ3n) is 4.43. The molecule has 7 heteroatoms. The number of anilines is 2. The van der Waals surface area contributed by atoms with Crippen LogP contribution in [-0.2, 0) is 4.74 Å². The topological polar surface area (TPSA) is 96.5 Å². The molecule has 7 nitrogen and oxygen atoms in total. The lowest BCUT2D eigenvalue weighted by atomic mass is 10.1. The highest BCUT2D eigenvalue weighted by molar-refractivity contribution is 6.04. The summed E-state index contributed by atoms with van der Waals surface area (Å²) in [6.07, 6.45) is 3.84. The minimum Gasteiger partial charge on any atom is -0.462 e. The lowest BCUT2D eigenvalue weighted by Crippen LogP contribution is -2.30. The Labute approximate surface area is 169 Å². The van der Waals surface area contributed by atoms with E-state index < -0.39 is 0 Å². The van der Waals surface area contributed by atoms with Crippen LogP contribution in [0.15, 0.2) is 48.5 Å². The summed E-state index contributed by atoms with van der Waals surface area (Å²) in [4.78, 5) is 36.0. The molecule has 0 unspecified atom stereocenters. The SMILES string of the molecule is CCCCOC(=O)c1ccc(NC(=O)c2ccc(NC(=O)NC3CC3)cc2)cc1. The Bertz CT molecular complexity index is 859. The highest BCUT2D eigenvalue weighted by atomic mass is 16.5. The van der Waals surface area contributed by atoms with E-state index in [4.69, 9.17) is 4.74 Å². The average Bonchev–Trinajstić information content (AvgIpc) is 3.53. The Morgan fingerprint density at radius 3 is 2.07 bits per heavy atom. The maximum Gasteiger partial charge on any atom is 0.338 e. The van der Waals surface area contributed by atoms with E-state index in [-0.39, 0.29) is 23.9 Å². The molecule has 0 bridgehead atoms. The van der Waals surface area contributed by atoms with Crippen molar-refractivity contribution in [1.82, 2.24) is 5.32 Å². The van der Waals surface area contributed by atoms with Crippen LogP contribution in [0, 0.1) is 0 Å². The molecule has 3 N–H and O–H groups in total. The number of hydrogen-bond donors (Lipinski definition) is 3. The number of unbranched alkanes of at least 4 members (excludes halogenated alkanes) is 1. The molecule has 152 valence electrons. The Morgan fingerprint density at radius 2 is 1.48 bits per heavy atom. The van der Waals surface area contributed by atoms with Crippen LogP contribution in [0.3, 0.4) is 0 Å². The quantitative estimate of drug-likeness (QED) is 0.461. The zero-order valence-corrected chi connectivity index (χ0v) is 16.4. The van der Waals surface area contributed by atoms with Crippen LogP contribution in [0.4, 0.5) is 16.2 Å². The number of nitrogens with one attached hydrogen (secondary N) is 3. The second-order valence-corrected chi connectivity index (χ2v) is 6.97. The zero-order valence-electron chi connectivity index (χ0n) is 16.4. The van der Waals surface area contributed by atoms with Crippen molar-refractivity contribution in [1.29, 1.82) is 0 Å². The van der Waals surface area contributed by atoms with Crippen LogP contribution < -0.4 is 16.0 Å². The smallest absolute Gasteiger partial charge is 0.338 e. The van der Waals surface area contributed by atoms with E-state index in [1.807, 2.05) is 6.92 Å². The second kappa shape index (κ2) is 9.73. The van der Waals surface area contributed by atoms with Crippen molar-refractivity contribution >= 4 is 29.3 Å². The van der Waals surface area contributed by atoms with Crippen molar-refractivity contribution in [3.05, 3.63) is 59.7 Å². The summed E-state index contributed by atoms with van der Waals surface area (Å²) in [6, 6.07) is 13.2. The number of amides is 3. The molecule has 1 aliphatic carbocycles. The van der Waals surface area contributed by atoms with Gasteiger partial charge in [-0.15, -0.1) is 0 Å². The number of esters is 1. The van der Waals surface area contributed by atoms with Crippen LogP contribution >= 0.6 is 0 Å². The molecule has 0 radical (unpaired) electrons. The average molecular weight is 395 g/mol. The molecule has 0 saturated heterocycles. The summed E-state index contributed by atoms with van der Waals surface area (Å²) in [6.45, 7) is 2.43. The van der Waals surface area contributed by atoms with Gasteiger partial charge in [0.05, 0.1) is 12.2 Å². The van der Waals surface area contributed by atoms with Crippen molar-refractivity contribution < 1.29 is 19.1 Å². The predicted octanol–water partition coefficient (Wildman–Crippen LogP) is 4.18. The number of carbonyl (C=O) groups excluding carboxylic acids is 3. The minimum atomic E-state index is -0.370. The largest absolute Gasteiger partial charge is 0.462 e. The number of ether oxygens (including phenoxy) is 1. The Hall–Kier alpha value is -3.35. The van der Waals surface area contributed by atoms with Crippen molar-refractivity contribution in [2.24, 2.45) is 0 Å². The van der Waals surface area contributed by atoms with E-state index in [0.29, 0.717) is 29.1 Å². The van der Waals surface area contributed by atoms with E-state index in [1.54, 1.807) is 48.5 Å². The molecule has 0 aliphatic heterocycles. The number of urea groups is 1. The second-order valence-electron chi connectivity index (χ2n) is 6.97. The van der Waals surface area contributed by atoms with Crippen LogP contribution in [0.1, 0.15) is 53.3 Å². The first kappa shape index (κ1) is 20.4. The number of hydrogen-bond acceptors (Lipinski definition) is 4. The fourth-order valence-electron chi connectivity index (χ4n) is 2.57. The summed E-state index contributed by atoms with van der Waals surface area (Å²) in [5, 5.41) is 8.36. The molecule has 0 spiro atoms. The van der Waals surface area contributed by atoms with E-state index in [1.165, 1.54) is 0 Å². The normalized spacial score (nSPS) is 12.7. The summed E-state index contributed by atoms with van der Waals surface area (Å²) in [7, 11) is 0. The summed E-state index contributed by atoms with van der Waals surface area (Å²) >= 11 is 0. The number of rotatable bonds is 8. The molecule has 1 aliphatic rings. The van der Waals surface area contributed by atoms with Gasteiger partial charge in [0.1, 0.15) is 0 Å². The van der Waals surface area contributed by atoms with Gasteiger partial charge in [0.2, 0.25) is 0 Å². The molecule has 1 fully saturated rings. The predicted molar refractivity (Wildman–Crippen MR) is 111 cm³/mol. The van der Waals surface area contributed by atoms with Gasteiger partial charge in [-0.2, -0.15) is 0 Å². The number of benzene rings is 2. The molecule has 0 aromatic heterocycles. The molecule has 2 aromatic rings. The van der Waals surface area contributed by atoms with Gasteiger partial charge in [-0.1, -0.05) is 13.3 Å². The lowest BCUT2D eigenvalue weighted by Gasteiger charge is -2.09. The van der Waals surface area contributed by atoms with Gasteiger partial charge in [0, 0.05) is 23.0 Å². The molecule has 3 amide bonds. The van der Waals surface area contributed by atoms with Gasteiger partial charge in [-0.25, -0.2) is 9.59 Å². The molecule has 2 aromatic carbocycles. The standard InChI is InChI=1S/C22H25N3O4/c1-2-3-14-29-21(27)16-6-10-17(11-7-16)23-20(26)15-4-8-18(9-5-15)24-22(28)25-19-12-13-19/h4-11,19H,2-3,12-14H2,1H3,(H,23,26)(H2,24,25,28). The van der Waals surface area contributed by atoms with Crippen molar-refractivity contribution in [2.45, 2.75) is 38.6 Å². The first-order chi connectivity index (χ1) is 14.0. The lowest BCUT2D eigenvalue weighted by molar-refractivity contribution is 0.0499. The minimum absolute atomic E-state index is 0.238. The Kier molecular flexibility index (Phi) is 6.84. The van der Waals surface area contributed by atoms with Gasteiger partial charge in [-0.05, 0) is 67.8 Å². The Morgan fingerprint density at radius 1 is 0.897 bits per heavy atom. The fourth-order valence-corrected chi connectivity index (χ4v) is 2.57. The van der Waals surface area contributed by atoms with Gasteiger partial charge in [0.25, 0.3) is 5.91 Å². The molecule has 0 heterocycles. The van der Waals surface area contributed by atoms with Crippen molar-refractivity contribution in [2.75, 3.05) is 17.2 Å². The van der Waals surface area contributed by atoms with Crippen molar-refractivity contribution in [3.8, 4) is 0 Å². The fraction of sp³-hybridized carbons (Fsp3) is 0.318. The monoisotopic (exact) mass is 395 g/mol. The van der Waals surface area contributed by atoms with Gasteiger partial charge < -0.3 is 20.7 Å². The molecular weight excluding hydrogens is 370 g/mol. The van der Waals surface area contributed by atoms with E-state index >= 15 is 0 Å². The summed E-state index contributed by atoms with van der Waals surface area (Å²) < 4.78 is 5.16. The van der Waals surface area contributed by atoms with E-state index in [0.717, 1.165) is 25.7 Å². The summed E-state index contributed by atoms with van der Waals surface area (Å²) in [5.41, 5.74) is 2.09. The van der Waals surface area contributed by atoms with Gasteiger partial charge >= 0.3 is 12.0 Å². The molecule has 29 heavy (non-hydrogen) atoms. The zero-order chi connectivity index (χ0) is 20.6. The van der Waals surface area contributed by atoms with Crippen LogP contribution in [0.2, 0.25) is 0 Å². The Balaban J connectivity index is 1.51. The first-order valence-electron chi connectivity index (χ1n) is 9.81. The maximum absolute atomic E-state index is 12.4. The van der Waals surface area contributed by atoms with E-state index in [9.17, 15) is 14.4 Å². The van der Waals surface area contributed by atoms with Crippen LogP contribution in [0.5, 0.6) is 0 Å². The van der Waals surface area contributed by atoms with Crippen LogP contribution in [-0.4, -0.2) is 30.6 Å².